The molecule has 0 atom stereocenters. The van der Waals surface area contributed by atoms with E-state index in [1.54, 1.807) is 6.20 Å². The van der Waals surface area contributed by atoms with Gasteiger partial charge in [-0.3, -0.25) is 0 Å². The normalized spacial score (nSPS) is 14.3. The summed E-state index contributed by atoms with van der Waals surface area (Å²) in [5, 5.41) is 11.5. The minimum absolute atomic E-state index is 0.567. The third-order valence-electron chi connectivity index (χ3n) is 4.56. The summed E-state index contributed by atoms with van der Waals surface area (Å²) in [4.78, 5) is 9.30. The second-order valence-corrected chi connectivity index (χ2v) is 6.29. The van der Waals surface area contributed by atoms with E-state index < -0.39 is 0 Å². The first kappa shape index (κ1) is 16.3. The molecular formula is C20H22N6. The Labute approximate surface area is 153 Å². The van der Waals surface area contributed by atoms with Crippen LogP contribution in [0, 0.1) is 0 Å². The fraction of sp³-hybridized carbons (Fsp3) is 0.250. The van der Waals surface area contributed by atoms with Gasteiger partial charge in [0.05, 0.1) is 6.20 Å². The van der Waals surface area contributed by atoms with Crippen LogP contribution in [-0.4, -0.2) is 41.4 Å². The molecule has 1 aliphatic rings. The number of anilines is 3. The van der Waals surface area contributed by atoms with Crippen LogP contribution in [-0.2, 0) is 6.54 Å². The zero-order chi connectivity index (χ0) is 17.6. The van der Waals surface area contributed by atoms with Crippen LogP contribution in [0.15, 0.2) is 66.9 Å². The van der Waals surface area contributed by atoms with Gasteiger partial charge in [0, 0.05) is 38.4 Å². The quantitative estimate of drug-likeness (QED) is 0.767. The third-order valence-corrected chi connectivity index (χ3v) is 4.56. The SMILES string of the molecule is c1ccc(CNc2nncc(N3CCN(c4ccccc4)CC3)n2)cc1. The number of nitrogens with zero attached hydrogens (tertiary/aromatic N) is 5. The first-order valence-corrected chi connectivity index (χ1v) is 8.91. The zero-order valence-electron chi connectivity index (χ0n) is 14.6. The Balaban J connectivity index is 1.36. The van der Waals surface area contributed by atoms with Crippen LogP contribution in [0.5, 0.6) is 0 Å². The molecule has 26 heavy (non-hydrogen) atoms. The van der Waals surface area contributed by atoms with Gasteiger partial charge in [-0.1, -0.05) is 48.5 Å². The van der Waals surface area contributed by atoms with Gasteiger partial charge in [0.2, 0.25) is 5.95 Å². The highest BCUT2D eigenvalue weighted by molar-refractivity contribution is 5.49. The van der Waals surface area contributed by atoms with Gasteiger partial charge < -0.3 is 15.1 Å². The van der Waals surface area contributed by atoms with E-state index in [1.807, 2.05) is 18.2 Å². The highest BCUT2D eigenvalue weighted by Gasteiger charge is 2.19. The predicted octanol–water partition coefficient (Wildman–Crippen LogP) is 2.81. The summed E-state index contributed by atoms with van der Waals surface area (Å²) in [7, 11) is 0. The lowest BCUT2D eigenvalue weighted by Gasteiger charge is -2.36. The molecule has 1 saturated heterocycles. The molecular weight excluding hydrogens is 324 g/mol. The summed E-state index contributed by atoms with van der Waals surface area (Å²) in [6, 6.07) is 20.8. The standard InChI is InChI=1S/C20H22N6/c1-3-7-17(8-4-1)15-21-20-23-19(16-22-24-20)26-13-11-25(12-14-26)18-9-5-2-6-10-18/h1-10,16H,11-15H2,(H,21,23,24). The molecule has 0 aliphatic carbocycles. The van der Waals surface area contributed by atoms with Crippen molar-refractivity contribution in [2.75, 3.05) is 41.3 Å². The molecule has 0 unspecified atom stereocenters. The fourth-order valence-corrected chi connectivity index (χ4v) is 3.13. The molecule has 1 aromatic heterocycles. The van der Waals surface area contributed by atoms with Crippen molar-refractivity contribution in [1.82, 2.24) is 15.2 Å². The molecule has 6 nitrogen and oxygen atoms in total. The van der Waals surface area contributed by atoms with Crippen molar-refractivity contribution >= 4 is 17.5 Å². The molecule has 4 rings (SSSR count). The fourth-order valence-electron chi connectivity index (χ4n) is 3.13. The number of hydrogen-bond donors (Lipinski definition) is 1. The summed E-state index contributed by atoms with van der Waals surface area (Å²) < 4.78 is 0. The van der Waals surface area contributed by atoms with E-state index in [-0.39, 0.29) is 0 Å². The molecule has 6 heteroatoms. The van der Waals surface area contributed by atoms with Crippen molar-refractivity contribution in [1.29, 1.82) is 0 Å². The van der Waals surface area contributed by atoms with Gasteiger partial charge in [-0.25, -0.2) is 0 Å². The average Bonchev–Trinajstić information content (AvgIpc) is 2.74. The molecule has 132 valence electrons. The Morgan fingerprint density at radius 1 is 0.808 bits per heavy atom. The average molecular weight is 346 g/mol. The van der Waals surface area contributed by atoms with Crippen LogP contribution < -0.4 is 15.1 Å². The number of benzene rings is 2. The van der Waals surface area contributed by atoms with E-state index in [4.69, 9.17) is 0 Å². The summed E-state index contributed by atoms with van der Waals surface area (Å²) in [5.41, 5.74) is 2.47. The summed E-state index contributed by atoms with van der Waals surface area (Å²) in [5.74, 6) is 1.44. The highest BCUT2D eigenvalue weighted by atomic mass is 15.3. The van der Waals surface area contributed by atoms with Crippen molar-refractivity contribution < 1.29 is 0 Å². The maximum atomic E-state index is 4.63. The lowest BCUT2D eigenvalue weighted by molar-refractivity contribution is 0.644. The van der Waals surface area contributed by atoms with Crippen molar-refractivity contribution in [2.24, 2.45) is 0 Å². The Morgan fingerprint density at radius 2 is 1.46 bits per heavy atom. The molecule has 1 aliphatic heterocycles. The molecule has 2 aromatic carbocycles. The maximum Gasteiger partial charge on any atom is 0.244 e. The Bertz CT molecular complexity index is 816. The van der Waals surface area contributed by atoms with E-state index in [1.165, 1.54) is 11.3 Å². The van der Waals surface area contributed by atoms with Crippen LogP contribution in [0.2, 0.25) is 0 Å². The second kappa shape index (κ2) is 7.82. The lowest BCUT2D eigenvalue weighted by atomic mass is 10.2. The largest absolute Gasteiger partial charge is 0.368 e. The topological polar surface area (TPSA) is 57.2 Å². The summed E-state index contributed by atoms with van der Waals surface area (Å²) in [6.45, 7) is 4.48. The first-order chi connectivity index (χ1) is 12.9. The van der Waals surface area contributed by atoms with Gasteiger partial charge in [0.15, 0.2) is 5.82 Å². The molecule has 2 heterocycles. The van der Waals surface area contributed by atoms with Crippen LogP contribution in [0.4, 0.5) is 17.5 Å². The Hall–Kier alpha value is -3.15. The Kier molecular flexibility index (Phi) is 4.91. The molecule has 0 saturated carbocycles. The van der Waals surface area contributed by atoms with Gasteiger partial charge in [0.25, 0.3) is 0 Å². The van der Waals surface area contributed by atoms with Crippen LogP contribution in [0.1, 0.15) is 5.56 Å². The summed E-state index contributed by atoms with van der Waals surface area (Å²) >= 11 is 0. The third kappa shape index (κ3) is 3.91. The number of rotatable bonds is 5. The van der Waals surface area contributed by atoms with E-state index in [9.17, 15) is 0 Å². The molecule has 3 aromatic rings. The molecule has 0 radical (unpaired) electrons. The Morgan fingerprint density at radius 3 is 2.19 bits per heavy atom. The van der Waals surface area contributed by atoms with Crippen LogP contribution >= 0.6 is 0 Å². The lowest BCUT2D eigenvalue weighted by Crippen LogP contribution is -2.46. The summed E-state index contributed by atoms with van der Waals surface area (Å²) in [6.07, 6.45) is 1.74. The molecule has 0 spiro atoms. The van der Waals surface area contributed by atoms with E-state index in [0.717, 1.165) is 32.0 Å². The maximum absolute atomic E-state index is 4.63. The highest BCUT2D eigenvalue weighted by Crippen LogP contribution is 2.19. The molecule has 1 N–H and O–H groups in total. The predicted molar refractivity (Wildman–Crippen MR) is 104 cm³/mol. The number of piperazine rings is 1. The number of nitrogens with one attached hydrogen (secondary N) is 1. The molecule has 1 fully saturated rings. The van der Waals surface area contributed by atoms with Gasteiger partial charge in [-0.15, -0.1) is 5.10 Å². The first-order valence-electron chi connectivity index (χ1n) is 8.91. The van der Waals surface area contributed by atoms with Gasteiger partial charge >= 0.3 is 0 Å². The number of para-hydroxylation sites is 1. The van der Waals surface area contributed by atoms with Crippen LogP contribution in [0.25, 0.3) is 0 Å². The van der Waals surface area contributed by atoms with Crippen molar-refractivity contribution in [2.45, 2.75) is 6.54 Å². The van der Waals surface area contributed by atoms with E-state index in [0.29, 0.717) is 12.5 Å². The minimum Gasteiger partial charge on any atom is -0.368 e. The minimum atomic E-state index is 0.567. The number of hydrogen-bond acceptors (Lipinski definition) is 6. The van der Waals surface area contributed by atoms with E-state index in [2.05, 4.69) is 72.8 Å². The van der Waals surface area contributed by atoms with Gasteiger partial charge in [-0.2, -0.15) is 10.1 Å². The van der Waals surface area contributed by atoms with Gasteiger partial charge in [-0.05, 0) is 17.7 Å². The van der Waals surface area contributed by atoms with Gasteiger partial charge in [0.1, 0.15) is 0 Å². The molecule has 0 bridgehead atoms. The van der Waals surface area contributed by atoms with Crippen molar-refractivity contribution in [3.63, 3.8) is 0 Å². The zero-order valence-corrected chi connectivity index (χ0v) is 14.6. The smallest absolute Gasteiger partial charge is 0.244 e. The number of aromatic nitrogens is 3. The monoisotopic (exact) mass is 346 g/mol. The van der Waals surface area contributed by atoms with Crippen molar-refractivity contribution in [3.05, 3.63) is 72.4 Å². The van der Waals surface area contributed by atoms with E-state index >= 15 is 0 Å². The van der Waals surface area contributed by atoms with Crippen LogP contribution in [0.3, 0.4) is 0 Å². The molecule has 0 amide bonds. The van der Waals surface area contributed by atoms with Crippen molar-refractivity contribution in [3.8, 4) is 0 Å². The second-order valence-electron chi connectivity index (χ2n) is 6.29.